The zero-order valence-electron chi connectivity index (χ0n) is 13.4. The molecule has 2 rings (SSSR count). The Morgan fingerprint density at radius 2 is 1.90 bits per heavy atom. The molecule has 0 aliphatic carbocycles. The van der Waals surface area contributed by atoms with E-state index in [4.69, 9.17) is 5.73 Å². The largest absolute Gasteiger partial charge is 0.342 e. The molecule has 0 radical (unpaired) electrons. The minimum Gasteiger partial charge on any atom is -0.342 e. The number of nitrogens with zero attached hydrogens (tertiary/aromatic N) is 2. The summed E-state index contributed by atoms with van der Waals surface area (Å²) in [4.78, 5) is 15.9. The Morgan fingerprint density at radius 1 is 1.19 bits per heavy atom. The molecule has 4 heteroatoms. The van der Waals surface area contributed by atoms with Crippen LogP contribution >= 0.6 is 0 Å². The lowest BCUT2D eigenvalue weighted by Crippen LogP contribution is -2.42. The quantitative estimate of drug-likeness (QED) is 0.925. The van der Waals surface area contributed by atoms with Crippen molar-refractivity contribution in [2.24, 2.45) is 5.73 Å². The van der Waals surface area contributed by atoms with Crippen LogP contribution in [0, 0.1) is 6.92 Å². The van der Waals surface area contributed by atoms with Crippen molar-refractivity contribution < 1.29 is 4.79 Å². The zero-order valence-corrected chi connectivity index (χ0v) is 13.4. The molecule has 0 bridgehead atoms. The Balaban J connectivity index is 2.19. The molecule has 1 aliphatic rings. The number of amides is 1. The number of hydrogen-bond acceptors (Lipinski definition) is 3. The van der Waals surface area contributed by atoms with Crippen molar-refractivity contribution in [2.75, 3.05) is 26.2 Å². The molecule has 1 aliphatic heterocycles. The minimum absolute atomic E-state index is 0.0648. The standard InChI is InChI=1S/C17H27N3O/c1-13-7-4-5-8-16(13)17(14(2)18)20-10-6-9-19(11-12-20)15(3)21/h4-5,7-8,14,17H,6,9-12,18H2,1-3H3. The van der Waals surface area contributed by atoms with E-state index in [9.17, 15) is 4.79 Å². The van der Waals surface area contributed by atoms with Gasteiger partial charge >= 0.3 is 0 Å². The van der Waals surface area contributed by atoms with Gasteiger partial charge in [-0.25, -0.2) is 0 Å². The summed E-state index contributed by atoms with van der Waals surface area (Å²) in [6.45, 7) is 9.40. The minimum atomic E-state index is 0.0648. The molecule has 21 heavy (non-hydrogen) atoms. The average Bonchev–Trinajstić information content (AvgIpc) is 2.67. The summed E-state index contributed by atoms with van der Waals surface area (Å²) in [7, 11) is 0. The van der Waals surface area contributed by atoms with Crippen LogP contribution in [-0.2, 0) is 4.79 Å². The van der Waals surface area contributed by atoms with Crippen LogP contribution in [0.4, 0.5) is 0 Å². The maximum atomic E-state index is 11.6. The van der Waals surface area contributed by atoms with Crippen LogP contribution in [-0.4, -0.2) is 47.9 Å². The molecule has 1 aromatic rings. The van der Waals surface area contributed by atoms with Gasteiger partial charge in [0.15, 0.2) is 0 Å². The smallest absolute Gasteiger partial charge is 0.219 e. The van der Waals surface area contributed by atoms with E-state index >= 15 is 0 Å². The van der Waals surface area contributed by atoms with Gasteiger partial charge in [-0.2, -0.15) is 0 Å². The highest BCUT2D eigenvalue weighted by molar-refractivity contribution is 5.73. The summed E-state index contributed by atoms with van der Waals surface area (Å²) >= 11 is 0. The Hall–Kier alpha value is -1.39. The van der Waals surface area contributed by atoms with E-state index in [2.05, 4.69) is 43.0 Å². The molecular formula is C17H27N3O. The van der Waals surface area contributed by atoms with Gasteiger partial charge in [0, 0.05) is 45.2 Å². The Labute approximate surface area is 127 Å². The normalized spacial score (nSPS) is 19.9. The lowest BCUT2D eigenvalue weighted by atomic mass is 9.95. The van der Waals surface area contributed by atoms with E-state index in [1.165, 1.54) is 11.1 Å². The van der Waals surface area contributed by atoms with Crippen molar-refractivity contribution in [3.8, 4) is 0 Å². The fourth-order valence-electron chi connectivity index (χ4n) is 3.26. The third-order valence-electron chi connectivity index (χ3n) is 4.37. The van der Waals surface area contributed by atoms with Crippen LogP contribution in [0.15, 0.2) is 24.3 Å². The van der Waals surface area contributed by atoms with Gasteiger partial charge in [-0.15, -0.1) is 0 Å². The predicted octanol–water partition coefficient (Wildman–Crippen LogP) is 1.94. The maximum Gasteiger partial charge on any atom is 0.219 e. The summed E-state index contributed by atoms with van der Waals surface area (Å²) in [5.74, 6) is 0.171. The number of aryl methyl sites for hydroxylation is 1. The Bertz CT molecular complexity index is 487. The first kappa shape index (κ1) is 16.0. The first-order valence-electron chi connectivity index (χ1n) is 7.81. The van der Waals surface area contributed by atoms with Crippen LogP contribution in [0.3, 0.4) is 0 Å². The van der Waals surface area contributed by atoms with Crippen LogP contribution in [0.5, 0.6) is 0 Å². The highest BCUT2D eigenvalue weighted by Crippen LogP contribution is 2.27. The van der Waals surface area contributed by atoms with Crippen LogP contribution in [0.2, 0.25) is 0 Å². The van der Waals surface area contributed by atoms with Crippen molar-refractivity contribution in [2.45, 2.75) is 39.3 Å². The molecular weight excluding hydrogens is 262 g/mol. The lowest BCUT2D eigenvalue weighted by Gasteiger charge is -2.34. The number of nitrogens with two attached hydrogens (primary N) is 1. The van der Waals surface area contributed by atoms with Gasteiger partial charge in [-0.3, -0.25) is 9.69 Å². The SMILES string of the molecule is CC(=O)N1CCCN(C(c2ccccc2C)C(C)N)CC1. The van der Waals surface area contributed by atoms with E-state index in [0.717, 1.165) is 32.6 Å². The number of carbonyl (C=O) groups excluding carboxylic acids is 1. The van der Waals surface area contributed by atoms with Crippen molar-refractivity contribution in [3.63, 3.8) is 0 Å². The molecule has 1 fully saturated rings. The maximum absolute atomic E-state index is 11.6. The first-order chi connectivity index (χ1) is 10.0. The van der Waals surface area contributed by atoms with Gasteiger partial charge in [-0.1, -0.05) is 24.3 Å². The molecule has 0 aromatic heterocycles. The second-order valence-electron chi connectivity index (χ2n) is 6.06. The fourth-order valence-corrected chi connectivity index (χ4v) is 3.26. The van der Waals surface area contributed by atoms with Gasteiger partial charge in [0.2, 0.25) is 5.91 Å². The van der Waals surface area contributed by atoms with E-state index < -0.39 is 0 Å². The molecule has 2 unspecified atom stereocenters. The number of benzene rings is 1. The second kappa shape index (κ2) is 7.05. The summed E-state index contributed by atoms with van der Waals surface area (Å²) in [5.41, 5.74) is 8.89. The van der Waals surface area contributed by atoms with Gasteiger partial charge in [0.1, 0.15) is 0 Å². The first-order valence-corrected chi connectivity index (χ1v) is 7.81. The molecule has 2 N–H and O–H groups in total. The highest BCUT2D eigenvalue weighted by Gasteiger charge is 2.27. The lowest BCUT2D eigenvalue weighted by molar-refractivity contribution is -0.128. The summed E-state index contributed by atoms with van der Waals surface area (Å²) in [6.07, 6.45) is 1.01. The average molecular weight is 289 g/mol. The molecule has 1 heterocycles. The Kier molecular flexibility index (Phi) is 5.37. The van der Waals surface area contributed by atoms with E-state index in [-0.39, 0.29) is 18.0 Å². The van der Waals surface area contributed by atoms with Crippen molar-refractivity contribution in [1.82, 2.24) is 9.80 Å². The molecule has 1 aromatic carbocycles. The molecule has 1 saturated heterocycles. The second-order valence-corrected chi connectivity index (χ2v) is 6.06. The molecule has 1 amide bonds. The fraction of sp³-hybridized carbons (Fsp3) is 0.588. The van der Waals surface area contributed by atoms with Gasteiger partial charge in [0.25, 0.3) is 0 Å². The highest BCUT2D eigenvalue weighted by atomic mass is 16.2. The van der Waals surface area contributed by atoms with Crippen molar-refractivity contribution >= 4 is 5.91 Å². The van der Waals surface area contributed by atoms with E-state index in [0.29, 0.717) is 0 Å². The van der Waals surface area contributed by atoms with Crippen molar-refractivity contribution in [3.05, 3.63) is 35.4 Å². The van der Waals surface area contributed by atoms with Crippen molar-refractivity contribution in [1.29, 1.82) is 0 Å². The molecule has 2 atom stereocenters. The molecule has 116 valence electrons. The molecule has 0 spiro atoms. The molecule has 4 nitrogen and oxygen atoms in total. The topological polar surface area (TPSA) is 49.6 Å². The third-order valence-corrected chi connectivity index (χ3v) is 4.37. The summed E-state index contributed by atoms with van der Waals surface area (Å²) in [6, 6.07) is 8.75. The summed E-state index contributed by atoms with van der Waals surface area (Å²) in [5, 5.41) is 0. The Morgan fingerprint density at radius 3 is 2.52 bits per heavy atom. The van der Waals surface area contributed by atoms with Gasteiger partial charge < -0.3 is 10.6 Å². The number of hydrogen-bond donors (Lipinski definition) is 1. The number of carbonyl (C=O) groups is 1. The molecule has 0 saturated carbocycles. The van der Waals surface area contributed by atoms with Gasteiger partial charge in [0.05, 0.1) is 0 Å². The number of rotatable bonds is 3. The van der Waals surface area contributed by atoms with Crippen LogP contribution in [0.25, 0.3) is 0 Å². The van der Waals surface area contributed by atoms with Crippen LogP contribution < -0.4 is 5.73 Å². The third kappa shape index (κ3) is 3.83. The van der Waals surface area contributed by atoms with Gasteiger partial charge in [-0.05, 0) is 31.4 Å². The summed E-state index contributed by atoms with van der Waals surface area (Å²) < 4.78 is 0. The zero-order chi connectivity index (χ0) is 15.4. The monoisotopic (exact) mass is 289 g/mol. The predicted molar refractivity (Wildman–Crippen MR) is 86.0 cm³/mol. The van der Waals surface area contributed by atoms with E-state index in [1.807, 2.05) is 4.90 Å². The van der Waals surface area contributed by atoms with E-state index in [1.54, 1.807) is 6.92 Å². The van der Waals surface area contributed by atoms with Crippen LogP contribution in [0.1, 0.15) is 37.4 Å².